The van der Waals surface area contributed by atoms with Crippen LogP contribution in [0.2, 0.25) is 5.02 Å². The summed E-state index contributed by atoms with van der Waals surface area (Å²) in [5.74, 6) is 0.426. The van der Waals surface area contributed by atoms with Gasteiger partial charge in [-0.3, -0.25) is 4.79 Å². The van der Waals surface area contributed by atoms with Crippen molar-refractivity contribution in [2.75, 3.05) is 18.4 Å². The van der Waals surface area contributed by atoms with E-state index < -0.39 is 10.0 Å². The molecule has 1 heterocycles. The Labute approximate surface area is 192 Å². The van der Waals surface area contributed by atoms with E-state index in [1.165, 1.54) is 16.4 Å². The Morgan fingerprint density at radius 3 is 2.44 bits per heavy atom. The minimum absolute atomic E-state index is 0.0414. The van der Waals surface area contributed by atoms with E-state index in [1.54, 1.807) is 19.9 Å². The number of nitrogens with zero attached hydrogens (tertiary/aromatic N) is 3. The minimum Gasteiger partial charge on any atom is -0.421 e. The van der Waals surface area contributed by atoms with Crippen LogP contribution < -0.4 is 5.32 Å². The fourth-order valence-electron chi connectivity index (χ4n) is 3.09. The molecule has 170 valence electrons. The molecule has 1 N–H and O–H groups in total. The zero-order valence-corrected chi connectivity index (χ0v) is 19.7. The molecule has 0 bridgehead atoms. The first-order chi connectivity index (χ1) is 15.2. The Hall–Kier alpha value is -2.75. The van der Waals surface area contributed by atoms with Crippen LogP contribution in [0.4, 0.5) is 5.69 Å². The maximum Gasteiger partial charge on any atom is 0.247 e. The van der Waals surface area contributed by atoms with Gasteiger partial charge in [-0.25, -0.2) is 8.42 Å². The quantitative estimate of drug-likeness (QED) is 0.493. The van der Waals surface area contributed by atoms with Crippen molar-refractivity contribution in [2.45, 2.75) is 38.5 Å². The number of carbonyl (C=O) groups excluding carboxylic acids is 1. The van der Waals surface area contributed by atoms with Gasteiger partial charge in [-0.1, -0.05) is 43.1 Å². The number of nitrogens with one attached hydrogen (secondary N) is 1. The third-order valence-electron chi connectivity index (χ3n) is 4.87. The predicted octanol–water partition coefficient (Wildman–Crippen LogP) is 4.30. The molecule has 0 radical (unpaired) electrons. The highest BCUT2D eigenvalue weighted by atomic mass is 35.5. The summed E-state index contributed by atoms with van der Waals surface area (Å²) in [5, 5.41) is 10.8. The summed E-state index contributed by atoms with van der Waals surface area (Å²) in [5.41, 5.74) is 2.28. The summed E-state index contributed by atoms with van der Waals surface area (Å²) in [6.45, 7) is 6.13. The molecule has 0 saturated heterocycles. The van der Waals surface area contributed by atoms with Crippen molar-refractivity contribution in [3.63, 3.8) is 0 Å². The number of halogens is 1. The summed E-state index contributed by atoms with van der Waals surface area (Å²) in [6.07, 6.45) is 0.346. The molecule has 3 rings (SSSR count). The lowest BCUT2D eigenvalue weighted by atomic mass is 10.1. The Morgan fingerprint density at radius 2 is 1.78 bits per heavy atom. The largest absolute Gasteiger partial charge is 0.421 e. The van der Waals surface area contributed by atoms with Gasteiger partial charge in [0.2, 0.25) is 27.7 Å². The monoisotopic (exact) mass is 476 g/mol. The Bertz CT molecular complexity index is 1190. The molecular weight excluding hydrogens is 452 g/mol. The molecule has 2 aromatic carbocycles. The van der Waals surface area contributed by atoms with Gasteiger partial charge in [0, 0.05) is 37.2 Å². The molecule has 1 amide bonds. The molecule has 0 atom stereocenters. The van der Waals surface area contributed by atoms with Crippen LogP contribution in [0.1, 0.15) is 31.7 Å². The normalized spacial score (nSPS) is 11.7. The van der Waals surface area contributed by atoms with E-state index in [-0.39, 0.29) is 28.7 Å². The zero-order valence-electron chi connectivity index (χ0n) is 18.1. The Balaban J connectivity index is 1.65. The van der Waals surface area contributed by atoms with Crippen LogP contribution in [0.3, 0.4) is 0 Å². The van der Waals surface area contributed by atoms with Gasteiger partial charge in [-0.2, -0.15) is 4.31 Å². The van der Waals surface area contributed by atoms with Gasteiger partial charge in [-0.15, -0.1) is 10.2 Å². The molecule has 1 aromatic heterocycles. The Morgan fingerprint density at radius 1 is 1.09 bits per heavy atom. The number of rotatable bonds is 9. The van der Waals surface area contributed by atoms with E-state index in [2.05, 4.69) is 15.5 Å². The second-order valence-electron chi connectivity index (χ2n) is 7.15. The van der Waals surface area contributed by atoms with Gasteiger partial charge in [0.05, 0.1) is 5.02 Å². The first-order valence-electron chi connectivity index (χ1n) is 10.2. The van der Waals surface area contributed by atoms with Crippen LogP contribution >= 0.6 is 11.6 Å². The number of hydrogen-bond acceptors (Lipinski definition) is 6. The number of carbonyl (C=O) groups is 1. The molecule has 0 aliphatic heterocycles. The van der Waals surface area contributed by atoms with Gasteiger partial charge in [0.1, 0.15) is 4.90 Å². The highest BCUT2D eigenvalue weighted by Crippen LogP contribution is 2.28. The summed E-state index contributed by atoms with van der Waals surface area (Å²) in [6, 6.07) is 12.1. The highest BCUT2D eigenvalue weighted by Gasteiger charge is 2.25. The van der Waals surface area contributed by atoms with Crippen molar-refractivity contribution < 1.29 is 17.6 Å². The van der Waals surface area contributed by atoms with Crippen LogP contribution in [0.5, 0.6) is 0 Å². The third-order valence-corrected chi connectivity index (χ3v) is 7.40. The number of benzene rings is 2. The molecule has 32 heavy (non-hydrogen) atoms. The molecule has 0 unspecified atom stereocenters. The summed E-state index contributed by atoms with van der Waals surface area (Å²) < 4.78 is 32.5. The molecule has 0 aliphatic rings. The maximum absolute atomic E-state index is 12.8. The van der Waals surface area contributed by atoms with Gasteiger partial charge < -0.3 is 9.73 Å². The van der Waals surface area contributed by atoms with Gasteiger partial charge in [0.15, 0.2) is 0 Å². The lowest BCUT2D eigenvalue weighted by Gasteiger charge is -2.19. The lowest BCUT2D eigenvalue weighted by molar-refractivity contribution is -0.116. The average Bonchev–Trinajstić information content (AvgIpc) is 3.24. The number of aromatic nitrogens is 2. The molecule has 3 aromatic rings. The second kappa shape index (κ2) is 10.2. The molecule has 0 spiro atoms. The first kappa shape index (κ1) is 23.9. The van der Waals surface area contributed by atoms with E-state index in [0.717, 1.165) is 11.1 Å². The van der Waals surface area contributed by atoms with Gasteiger partial charge in [0.25, 0.3) is 0 Å². The fourth-order valence-corrected chi connectivity index (χ4v) is 5.05. The van der Waals surface area contributed by atoms with Crippen LogP contribution in [-0.4, -0.2) is 41.9 Å². The summed E-state index contributed by atoms with van der Waals surface area (Å²) >= 11 is 6.13. The number of sulfonamides is 1. The average molecular weight is 477 g/mol. The number of aryl methyl sites for hydroxylation is 2. The lowest BCUT2D eigenvalue weighted by Crippen LogP contribution is -2.30. The fraction of sp³-hybridized carbons (Fsp3) is 0.318. The standard InChI is InChI=1S/C22H25ClN4O4S/c1-4-27(5-2)32(29,30)19-14-17(10-11-18(19)23)24-20(28)12-13-21-25-26-22(31-21)16-8-6-15(3)7-9-16/h6-11,14H,4-5,12-13H2,1-3H3,(H,24,28). The van der Waals surface area contributed by atoms with Crippen LogP contribution in [0.25, 0.3) is 11.5 Å². The van der Waals surface area contributed by atoms with Crippen molar-refractivity contribution >= 4 is 33.2 Å². The maximum atomic E-state index is 12.8. The van der Waals surface area contributed by atoms with Crippen molar-refractivity contribution in [1.82, 2.24) is 14.5 Å². The third kappa shape index (κ3) is 5.53. The van der Waals surface area contributed by atoms with E-state index in [4.69, 9.17) is 16.0 Å². The van der Waals surface area contributed by atoms with E-state index >= 15 is 0 Å². The molecule has 8 nitrogen and oxygen atoms in total. The minimum atomic E-state index is -3.75. The van der Waals surface area contributed by atoms with Crippen LogP contribution in [-0.2, 0) is 21.2 Å². The van der Waals surface area contributed by atoms with Crippen LogP contribution in [0.15, 0.2) is 51.8 Å². The van der Waals surface area contributed by atoms with Crippen molar-refractivity contribution in [3.8, 4) is 11.5 Å². The Kier molecular flexibility index (Phi) is 7.65. The van der Waals surface area contributed by atoms with E-state index in [9.17, 15) is 13.2 Å². The van der Waals surface area contributed by atoms with Crippen molar-refractivity contribution in [3.05, 3.63) is 58.9 Å². The summed E-state index contributed by atoms with van der Waals surface area (Å²) in [7, 11) is -3.75. The predicted molar refractivity (Wildman–Crippen MR) is 123 cm³/mol. The molecule has 0 fully saturated rings. The van der Waals surface area contributed by atoms with Crippen LogP contribution in [0, 0.1) is 6.92 Å². The number of anilines is 1. The van der Waals surface area contributed by atoms with E-state index in [1.807, 2.05) is 31.2 Å². The molecule has 10 heteroatoms. The molecule has 0 aliphatic carbocycles. The molecule has 0 saturated carbocycles. The highest BCUT2D eigenvalue weighted by molar-refractivity contribution is 7.89. The topological polar surface area (TPSA) is 105 Å². The number of hydrogen-bond donors (Lipinski definition) is 1. The zero-order chi connectivity index (χ0) is 23.3. The first-order valence-corrected chi connectivity index (χ1v) is 12.0. The number of amides is 1. The van der Waals surface area contributed by atoms with E-state index in [0.29, 0.717) is 30.6 Å². The van der Waals surface area contributed by atoms with Gasteiger partial charge in [-0.05, 0) is 37.3 Å². The molecular formula is C22H25ClN4O4S. The summed E-state index contributed by atoms with van der Waals surface area (Å²) in [4.78, 5) is 12.4. The second-order valence-corrected chi connectivity index (χ2v) is 9.46. The van der Waals surface area contributed by atoms with Crippen molar-refractivity contribution in [1.29, 1.82) is 0 Å². The smallest absolute Gasteiger partial charge is 0.247 e. The van der Waals surface area contributed by atoms with Crippen molar-refractivity contribution in [2.24, 2.45) is 0 Å². The van der Waals surface area contributed by atoms with Gasteiger partial charge >= 0.3 is 0 Å². The SMILES string of the molecule is CCN(CC)S(=O)(=O)c1cc(NC(=O)CCc2nnc(-c3ccc(C)cc3)o2)ccc1Cl.